The summed E-state index contributed by atoms with van der Waals surface area (Å²) in [5, 5.41) is 3.64. The first-order valence-corrected chi connectivity index (χ1v) is 10.4. The summed E-state index contributed by atoms with van der Waals surface area (Å²) in [5.74, 6) is 0.904. The Bertz CT molecular complexity index is 1150. The lowest BCUT2D eigenvalue weighted by atomic mass is 10.1. The van der Waals surface area contributed by atoms with E-state index in [0.29, 0.717) is 6.42 Å². The van der Waals surface area contributed by atoms with Crippen LogP contribution in [0.5, 0.6) is 0 Å². The summed E-state index contributed by atoms with van der Waals surface area (Å²) in [6.45, 7) is 5.25. The van der Waals surface area contributed by atoms with Crippen LogP contribution in [0.4, 0.5) is 0 Å². The Morgan fingerprint density at radius 1 is 0.967 bits per heavy atom. The van der Waals surface area contributed by atoms with Crippen molar-refractivity contribution in [3.63, 3.8) is 0 Å². The van der Waals surface area contributed by atoms with Gasteiger partial charge in [0.25, 0.3) is 0 Å². The first-order valence-electron chi connectivity index (χ1n) is 10.1. The van der Waals surface area contributed by atoms with Gasteiger partial charge in [-0.2, -0.15) is 0 Å². The molecule has 3 aromatic heterocycles. The molecule has 0 aliphatic carbocycles. The average Bonchev–Trinajstić information content (AvgIpc) is 3.16. The highest BCUT2D eigenvalue weighted by molar-refractivity contribution is 6.28. The van der Waals surface area contributed by atoms with Crippen LogP contribution >= 0.6 is 11.6 Å². The van der Waals surface area contributed by atoms with Crippen molar-refractivity contribution >= 4 is 22.6 Å². The van der Waals surface area contributed by atoms with E-state index in [1.54, 1.807) is 12.4 Å². The first-order chi connectivity index (χ1) is 14.7. The number of nitrogens with one attached hydrogen (secondary N) is 2. The van der Waals surface area contributed by atoms with Crippen LogP contribution in [0.25, 0.3) is 22.2 Å². The van der Waals surface area contributed by atoms with Crippen LogP contribution < -0.4 is 5.32 Å². The smallest absolute Gasteiger partial charge is 0.222 e. The standard InChI is InChI=1S/C22H22ClN7/c23-22-26-12-17(13-27-22)16-1-2-19-20(10-16)29-21(28-19)11-18-9-15(3-4-25-18)14-30-7-5-24-6-8-30/h1-4,9-10,12-13,24H,5-8,11,14H2,(H,28,29). The fourth-order valence-electron chi connectivity index (χ4n) is 3.81. The number of halogens is 1. The molecule has 0 bridgehead atoms. The highest BCUT2D eigenvalue weighted by Crippen LogP contribution is 2.23. The van der Waals surface area contributed by atoms with Gasteiger partial charge in [0.05, 0.1) is 11.0 Å². The van der Waals surface area contributed by atoms with Gasteiger partial charge in [-0.25, -0.2) is 15.0 Å². The minimum atomic E-state index is 0.246. The fourth-order valence-corrected chi connectivity index (χ4v) is 3.91. The van der Waals surface area contributed by atoms with E-state index in [4.69, 9.17) is 16.6 Å². The number of aromatic amines is 1. The summed E-state index contributed by atoms with van der Waals surface area (Å²) < 4.78 is 0. The summed E-state index contributed by atoms with van der Waals surface area (Å²) >= 11 is 5.79. The van der Waals surface area contributed by atoms with Crippen molar-refractivity contribution in [1.29, 1.82) is 0 Å². The molecule has 0 saturated carbocycles. The number of H-pyrrole nitrogens is 1. The van der Waals surface area contributed by atoms with Crippen molar-refractivity contribution in [3.05, 3.63) is 71.3 Å². The molecule has 8 heteroatoms. The van der Waals surface area contributed by atoms with E-state index in [-0.39, 0.29) is 5.28 Å². The van der Waals surface area contributed by atoms with E-state index in [9.17, 15) is 0 Å². The number of fused-ring (bicyclic) bond motifs is 1. The van der Waals surface area contributed by atoms with Gasteiger partial charge >= 0.3 is 0 Å². The number of aromatic nitrogens is 5. The summed E-state index contributed by atoms with van der Waals surface area (Å²) in [4.78, 5) is 23.3. The quantitative estimate of drug-likeness (QED) is 0.484. The first kappa shape index (κ1) is 19.1. The van der Waals surface area contributed by atoms with Crippen molar-refractivity contribution in [3.8, 4) is 11.1 Å². The molecule has 7 nitrogen and oxygen atoms in total. The molecule has 0 atom stereocenters. The van der Waals surface area contributed by atoms with E-state index in [0.717, 1.165) is 66.4 Å². The summed E-state index contributed by atoms with van der Waals surface area (Å²) in [6.07, 6.45) is 6.01. The Balaban J connectivity index is 1.34. The van der Waals surface area contributed by atoms with Crippen molar-refractivity contribution in [2.24, 2.45) is 0 Å². The lowest BCUT2D eigenvalue weighted by Crippen LogP contribution is -2.42. The van der Waals surface area contributed by atoms with Gasteiger partial charge in [-0.05, 0) is 47.0 Å². The van der Waals surface area contributed by atoms with E-state index >= 15 is 0 Å². The van der Waals surface area contributed by atoms with Crippen LogP contribution in [0.15, 0.2) is 48.9 Å². The Labute approximate surface area is 179 Å². The number of imidazole rings is 1. The normalized spacial score (nSPS) is 15.0. The Morgan fingerprint density at radius 2 is 1.80 bits per heavy atom. The monoisotopic (exact) mass is 419 g/mol. The van der Waals surface area contributed by atoms with Gasteiger partial charge in [0.1, 0.15) is 5.82 Å². The molecule has 0 unspecified atom stereocenters. The molecule has 0 radical (unpaired) electrons. The van der Waals surface area contributed by atoms with Crippen LogP contribution in [0.2, 0.25) is 5.28 Å². The van der Waals surface area contributed by atoms with Gasteiger partial charge in [0.2, 0.25) is 5.28 Å². The number of nitrogens with zero attached hydrogens (tertiary/aromatic N) is 5. The molecule has 152 valence electrons. The van der Waals surface area contributed by atoms with Crippen LogP contribution in [-0.4, -0.2) is 56.0 Å². The number of hydrogen-bond donors (Lipinski definition) is 2. The number of piperazine rings is 1. The van der Waals surface area contributed by atoms with E-state index in [1.807, 2.05) is 18.3 Å². The third-order valence-corrected chi connectivity index (χ3v) is 5.53. The van der Waals surface area contributed by atoms with E-state index in [1.165, 1.54) is 5.56 Å². The van der Waals surface area contributed by atoms with Gasteiger partial charge in [-0.1, -0.05) is 6.07 Å². The average molecular weight is 420 g/mol. The predicted octanol–water partition coefficient (Wildman–Crippen LogP) is 3.06. The molecular weight excluding hydrogens is 398 g/mol. The molecule has 5 rings (SSSR count). The van der Waals surface area contributed by atoms with Crippen LogP contribution in [0.1, 0.15) is 17.1 Å². The van der Waals surface area contributed by atoms with Crippen molar-refractivity contribution in [1.82, 2.24) is 35.1 Å². The molecular formula is C22H22ClN7. The third kappa shape index (κ3) is 4.33. The number of hydrogen-bond acceptors (Lipinski definition) is 6. The zero-order chi connectivity index (χ0) is 20.3. The van der Waals surface area contributed by atoms with Crippen molar-refractivity contribution in [2.45, 2.75) is 13.0 Å². The maximum Gasteiger partial charge on any atom is 0.222 e. The van der Waals surface area contributed by atoms with Crippen molar-refractivity contribution in [2.75, 3.05) is 26.2 Å². The lowest BCUT2D eigenvalue weighted by molar-refractivity contribution is 0.233. The Kier molecular flexibility index (Phi) is 5.40. The van der Waals surface area contributed by atoms with Crippen LogP contribution in [-0.2, 0) is 13.0 Å². The lowest BCUT2D eigenvalue weighted by Gasteiger charge is -2.27. The minimum absolute atomic E-state index is 0.246. The van der Waals surface area contributed by atoms with Gasteiger partial charge in [0, 0.05) is 69.0 Å². The fraction of sp³-hybridized carbons (Fsp3) is 0.273. The van der Waals surface area contributed by atoms with Gasteiger partial charge in [-0.15, -0.1) is 0 Å². The number of benzene rings is 1. The third-order valence-electron chi connectivity index (χ3n) is 5.33. The maximum absolute atomic E-state index is 5.79. The topological polar surface area (TPSA) is 82.6 Å². The molecule has 0 amide bonds. The summed E-state index contributed by atoms with van der Waals surface area (Å²) in [7, 11) is 0. The molecule has 4 heterocycles. The molecule has 2 N–H and O–H groups in total. The maximum atomic E-state index is 5.79. The zero-order valence-electron chi connectivity index (χ0n) is 16.5. The highest BCUT2D eigenvalue weighted by Gasteiger charge is 2.11. The largest absolute Gasteiger partial charge is 0.342 e. The molecule has 1 fully saturated rings. The molecule has 1 aliphatic rings. The second-order valence-electron chi connectivity index (χ2n) is 7.51. The molecule has 0 spiro atoms. The SMILES string of the molecule is Clc1ncc(-c2ccc3nc(Cc4cc(CN5CCNCC5)ccn4)[nH]c3c2)cn1. The number of pyridine rings is 1. The zero-order valence-corrected chi connectivity index (χ0v) is 17.2. The van der Waals surface area contributed by atoms with Crippen LogP contribution in [0, 0.1) is 0 Å². The summed E-state index contributed by atoms with van der Waals surface area (Å²) in [6, 6.07) is 10.4. The van der Waals surface area contributed by atoms with Gasteiger partial charge in [0.15, 0.2) is 0 Å². The molecule has 4 aromatic rings. The van der Waals surface area contributed by atoms with E-state index < -0.39 is 0 Å². The van der Waals surface area contributed by atoms with E-state index in [2.05, 4.69) is 48.4 Å². The molecule has 1 aromatic carbocycles. The van der Waals surface area contributed by atoms with Gasteiger partial charge < -0.3 is 10.3 Å². The van der Waals surface area contributed by atoms with Gasteiger partial charge in [-0.3, -0.25) is 9.88 Å². The Morgan fingerprint density at radius 3 is 2.63 bits per heavy atom. The molecule has 30 heavy (non-hydrogen) atoms. The second kappa shape index (κ2) is 8.47. The Hall–Kier alpha value is -2.87. The highest BCUT2D eigenvalue weighted by atomic mass is 35.5. The predicted molar refractivity (Wildman–Crippen MR) is 117 cm³/mol. The molecule has 1 saturated heterocycles. The second-order valence-corrected chi connectivity index (χ2v) is 7.85. The van der Waals surface area contributed by atoms with Crippen molar-refractivity contribution < 1.29 is 0 Å². The molecule has 1 aliphatic heterocycles. The summed E-state index contributed by atoms with van der Waals surface area (Å²) in [5.41, 5.74) is 6.16. The number of rotatable bonds is 5. The van der Waals surface area contributed by atoms with Crippen LogP contribution in [0.3, 0.4) is 0 Å². The minimum Gasteiger partial charge on any atom is -0.342 e.